The summed E-state index contributed by atoms with van der Waals surface area (Å²) in [7, 11) is 3.75. The molecule has 1 aliphatic heterocycles. The number of methoxy groups -OCH3 is 1. The molecule has 0 bridgehead atoms. The van der Waals surface area contributed by atoms with E-state index in [1.54, 1.807) is 40.4 Å². The third-order valence-corrected chi connectivity index (χ3v) is 9.85. The van der Waals surface area contributed by atoms with Crippen LogP contribution in [0.3, 0.4) is 0 Å². The van der Waals surface area contributed by atoms with E-state index in [2.05, 4.69) is 25.4 Å². The Morgan fingerprint density at radius 1 is 1.02 bits per heavy atom. The van der Waals surface area contributed by atoms with Crippen molar-refractivity contribution in [3.63, 3.8) is 0 Å². The van der Waals surface area contributed by atoms with E-state index in [-0.39, 0.29) is 30.1 Å². The van der Waals surface area contributed by atoms with E-state index in [1.807, 2.05) is 18.2 Å². The molecule has 2 aliphatic rings. The summed E-state index contributed by atoms with van der Waals surface area (Å²) in [5, 5.41) is 4.15. The molecule has 1 unspecified atom stereocenters. The zero-order valence-electron chi connectivity index (χ0n) is 26.5. The van der Waals surface area contributed by atoms with Crippen molar-refractivity contribution in [2.75, 3.05) is 41.8 Å². The average molecular weight is 639 g/mol. The number of rotatable bonds is 8. The van der Waals surface area contributed by atoms with Crippen LogP contribution in [0, 0.1) is 0 Å². The second kappa shape index (κ2) is 13.1. The fourth-order valence-corrected chi connectivity index (χ4v) is 6.94. The standard InChI is InChI=1S/C32H42N6O6S/c1-33-45(42,43)35-31(40)21-11-13-26-27(17-21)38-18-23(34-32(41)37(4)19-28(39)36(2)3)15-22-16-24(44-5)12-14-25(22)30(38)29(26)20-9-7-6-8-10-20/h11-14,16-17,20,23,33H,6-10,15,18-19H2,1-5H3,(H,34,41)(H,35,40). The van der Waals surface area contributed by atoms with Crippen LogP contribution in [0.25, 0.3) is 22.2 Å². The van der Waals surface area contributed by atoms with Crippen molar-refractivity contribution >= 4 is 39.0 Å². The number of carbonyl (C=O) groups is 3. The number of hydrogen-bond acceptors (Lipinski definition) is 6. The van der Waals surface area contributed by atoms with E-state index >= 15 is 0 Å². The predicted octanol–water partition coefficient (Wildman–Crippen LogP) is 3.21. The van der Waals surface area contributed by atoms with Gasteiger partial charge in [0.15, 0.2) is 0 Å². The van der Waals surface area contributed by atoms with Crippen molar-refractivity contribution in [2.24, 2.45) is 0 Å². The zero-order valence-corrected chi connectivity index (χ0v) is 27.3. The quantitative estimate of drug-likeness (QED) is 0.346. The maximum atomic E-state index is 13.3. The molecule has 0 saturated heterocycles. The number of carbonyl (C=O) groups excluding carboxylic acids is 3. The molecule has 12 nitrogen and oxygen atoms in total. The van der Waals surface area contributed by atoms with Crippen LogP contribution in [0.5, 0.6) is 5.75 Å². The van der Waals surface area contributed by atoms with Crippen LogP contribution in [0.15, 0.2) is 36.4 Å². The minimum absolute atomic E-state index is 0.0620. The first-order valence-electron chi connectivity index (χ1n) is 15.2. The summed E-state index contributed by atoms with van der Waals surface area (Å²) in [6.07, 6.45) is 6.06. The molecule has 13 heteroatoms. The van der Waals surface area contributed by atoms with Gasteiger partial charge in [-0.05, 0) is 66.6 Å². The van der Waals surface area contributed by atoms with Crippen molar-refractivity contribution in [1.82, 2.24) is 29.1 Å². The summed E-state index contributed by atoms with van der Waals surface area (Å²) >= 11 is 0. The Labute approximate surface area is 264 Å². The molecule has 0 spiro atoms. The average Bonchev–Trinajstić information content (AvgIpc) is 3.24. The molecule has 2 aromatic carbocycles. The first-order chi connectivity index (χ1) is 21.4. The summed E-state index contributed by atoms with van der Waals surface area (Å²) < 4.78 is 36.1. The van der Waals surface area contributed by atoms with Crippen LogP contribution >= 0.6 is 0 Å². The Kier molecular flexibility index (Phi) is 9.40. The van der Waals surface area contributed by atoms with Gasteiger partial charge in [-0.25, -0.2) is 14.2 Å². The zero-order chi connectivity index (χ0) is 32.5. The Morgan fingerprint density at radius 2 is 1.76 bits per heavy atom. The van der Waals surface area contributed by atoms with Gasteiger partial charge < -0.3 is 24.4 Å². The Hall–Kier alpha value is -4.10. The number of amides is 4. The molecule has 5 rings (SSSR count). The molecule has 1 aromatic heterocycles. The highest BCUT2D eigenvalue weighted by atomic mass is 32.2. The van der Waals surface area contributed by atoms with Crippen molar-refractivity contribution < 1.29 is 27.5 Å². The number of nitrogens with zero attached hydrogens (tertiary/aromatic N) is 3. The first-order valence-corrected chi connectivity index (χ1v) is 16.7. The molecule has 2 heterocycles. The minimum Gasteiger partial charge on any atom is -0.497 e. The van der Waals surface area contributed by atoms with Crippen molar-refractivity contribution in [3.8, 4) is 17.0 Å². The Bertz CT molecular complexity index is 1730. The summed E-state index contributed by atoms with van der Waals surface area (Å²) in [5.74, 6) is 0.0921. The number of fused-ring (bicyclic) bond motifs is 5. The molecule has 3 aromatic rings. The third kappa shape index (κ3) is 6.79. The molecule has 242 valence electrons. The lowest BCUT2D eigenvalue weighted by Gasteiger charge is -2.24. The van der Waals surface area contributed by atoms with Gasteiger partial charge in [-0.2, -0.15) is 8.42 Å². The topological polar surface area (TPSA) is 142 Å². The molecule has 1 atom stereocenters. The summed E-state index contributed by atoms with van der Waals surface area (Å²) in [4.78, 5) is 41.5. The number of aromatic nitrogens is 1. The molecular formula is C32H42N6O6S. The normalized spacial score (nSPS) is 16.7. The lowest BCUT2D eigenvalue weighted by Crippen LogP contribution is -2.48. The predicted molar refractivity (Wildman–Crippen MR) is 173 cm³/mol. The van der Waals surface area contributed by atoms with Crippen LogP contribution in [-0.4, -0.2) is 88.5 Å². The molecule has 1 aliphatic carbocycles. The molecule has 1 fully saturated rings. The molecule has 1 saturated carbocycles. The van der Waals surface area contributed by atoms with Crippen LogP contribution in [0.4, 0.5) is 4.79 Å². The monoisotopic (exact) mass is 638 g/mol. The lowest BCUT2D eigenvalue weighted by molar-refractivity contribution is -0.129. The summed E-state index contributed by atoms with van der Waals surface area (Å²) in [6.45, 7) is 0.337. The fourth-order valence-electron chi connectivity index (χ4n) is 6.48. The van der Waals surface area contributed by atoms with Gasteiger partial charge in [0, 0.05) is 56.8 Å². The van der Waals surface area contributed by atoms with Crippen LogP contribution in [0.1, 0.15) is 59.5 Å². The highest BCUT2D eigenvalue weighted by Crippen LogP contribution is 2.46. The lowest BCUT2D eigenvalue weighted by atomic mass is 9.81. The highest BCUT2D eigenvalue weighted by molar-refractivity contribution is 7.88. The van der Waals surface area contributed by atoms with Crippen molar-refractivity contribution in [3.05, 3.63) is 53.1 Å². The van der Waals surface area contributed by atoms with Crippen LogP contribution in [-0.2, 0) is 28.0 Å². The number of likely N-dealkylation sites (N-methyl/N-ethyl adjacent to an activating group) is 2. The number of ether oxygens (including phenoxy) is 1. The number of nitrogens with one attached hydrogen (secondary N) is 3. The first kappa shape index (κ1) is 32.3. The second-order valence-corrected chi connectivity index (χ2v) is 13.7. The van der Waals surface area contributed by atoms with Gasteiger partial charge in [-0.3, -0.25) is 9.59 Å². The maximum absolute atomic E-state index is 13.3. The SMILES string of the molecule is CNS(=O)(=O)NC(=O)c1ccc2c(C3CCCCC3)c3n(c2c1)CC(NC(=O)N(C)CC(=O)N(C)C)Cc1cc(OC)ccc1-3. The van der Waals surface area contributed by atoms with E-state index in [4.69, 9.17) is 4.74 Å². The fraction of sp³-hybridized carbons (Fsp3) is 0.469. The van der Waals surface area contributed by atoms with E-state index in [9.17, 15) is 22.8 Å². The van der Waals surface area contributed by atoms with E-state index in [0.29, 0.717) is 24.6 Å². The highest BCUT2D eigenvalue weighted by Gasteiger charge is 2.32. The third-order valence-electron chi connectivity index (χ3n) is 8.86. The van der Waals surface area contributed by atoms with Crippen LogP contribution in [0.2, 0.25) is 0 Å². The van der Waals surface area contributed by atoms with Gasteiger partial charge in [-0.1, -0.05) is 25.3 Å². The van der Waals surface area contributed by atoms with Gasteiger partial charge in [0.05, 0.1) is 18.8 Å². The minimum atomic E-state index is -3.99. The van der Waals surface area contributed by atoms with E-state index in [0.717, 1.165) is 53.4 Å². The van der Waals surface area contributed by atoms with Crippen molar-refractivity contribution in [2.45, 2.75) is 57.0 Å². The summed E-state index contributed by atoms with van der Waals surface area (Å²) in [6, 6.07) is 10.6. The van der Waals surface area contributed by atoms with E-state index < -0.39 is 16.1 Å². The second-order valence-electron chi connectivity index (χ2n) is 12.1. The maximum Gasteiger partial charge on any atom is 0.317 e. The summed E-state index contributed by atoms with van der Waals surface area (Å²) in [5.41, 5.74) is 5.31. The molecule has 4 amide bonds. The van der Waals surface area contributed by atoms with Gasteiger partial charge in [0.1, 0.15) is 12.3 Å². The molecule has 0 radical (unpaired) electrons. The number of urea groups is 1. The van der Waals surface area contributed by atoms with Crippen LogP contribution < -0.4 is 19.5 Å². The number of benzene rings is 2. The Morgan fingerprint density at radius 3 is 2.42 bits per heavy atom. The largest absolute Gasteiger partial charge is 0.497 e. The molecular weight excluding hydrogens is 596 g/mol. The van der Waals surface area contributed by atoms with Gasteiger partial charge in [0.2, 0.25) is 5.91 Å². The molecule has 45 heavy (non-hydrogen) atoms. The van der Waals surface area contributed by atoms with Gasteiger partial charge in [-0.15, -0.1) is 0 Å². The van der Waals surface area contributed by atoms with Crippen molar-refractivity contribution in [1.29, 1.82) is 0 Å². The van der Waals surface area contributed by atoms with Gasteiger partial charge >= 0.3 is 16.2 Å². The Balaban J connectivity index is 1.65. The van der Waals surface area contributed by atoms with Gasteiger partial charge in [0.25, 0.3) is 5.91 Å². The van der Waals surface area contributed by atoms with E-state index in [1.165, 1.54) is 28.8 Å². The number of hydrogen-bond donors (Lipinski definition) is 3. The molecule has 3 N–H and O–H groups in total. The smallest absolute Gasteiger partial charge is 0.317 e.